The Balaban J connectivity index is 1.31. The number of rotatable bonds is 6. The minimum absolute atomic E-state index is 0.151. The van der Waals surface area contributed by atoms with E-state index in [2.05, 4.69) is 27.4 Å². The molecule has 0 aliphatic rings. The summed E-state index contributed by atoms with van der Waals surface area (Å²) in [7, 11) is 0. The third kappa shape index (κ3) is 5.17. The fraction of sp³-hybridized carbons (Fsp3) is 0.103. The first kappa shape index (κ1) is 22.2. The molecule has 0 spiro atoms. The van der Waals surface area contributed by atoms with Crippen LogP contribution < -0.4 is 5.32 Å². The molecule has 5 aromatic rings. The Bertz CT molecular complexity index is 1470. The average Bonchev–Trinajstić information content (AvgIpc) is 3.31. The molecule has 0 fully saturated rings. The lowest BCUT2D eigenvalue weighted by molar-refractivity contribution is 0.102. The van der Waals surface area contributed by atoms with E-state index in [9.17, 15) is 4.79 Å². The maximum absolute atomic E-state index is 12.9. The molecular formula is C29H24N4O2. The maximum Gasteiger partial charge on any atom is 0.255 e. The van der Waals surface area contributed by atoms with Gasteiger partial charge in [-0.1, -0.05) is 36.4 Å². The SMILES string of the molecule is Cc1nnc(-c2ccc(C)c(-c3ccc(C(=O)Nc4cccc(Cc5cccnc5)c4)cc3)c2)o1. The van der Waals surface area contributed by atoms with Crippen molar-refractivity contribution in [3.8, 4) is 22.6 Å². The summed E-state index contributed by atoms with van der Waals surface area (Å²) in [4.78, 5) is 17.1. The Labute approximate surface area is 203 Å². The predicted octanol–water partition coefficient (Wildman–Crippen LogP) is 6.26. The first-order valence-electron chi connectivity index (χ1n) is 11.4. The summed E-state index contributed by atoms with van der Waals surface area (Å²) in [6.45, 7) is 3.82. The minimum Gasteiger partial charge on any atom is -0.421 e. The first-order chi connectivity index (χ1) is 17.0. The summed E-state index contributed by atoms with van der Waals surface area (Å²) in [5.74, 6) is 0.868. The number of amides is 1. The molecule has 0 aliphatic carbocycles. The van der Waals surface area contributed by atoms with Crippen LogP contribution in [0.25, 0.3) is 22.6 Å². The van der Waals surface area contributed by atoms with E-state index in [1.807, 2.05) is 85.1 Å². The Hall–Kier alpha value is -4.58. The van der Waals surface area contributed by atoms with Crippen molar-refractivity contribution in [2.24, 2.45) is 0 Å². The molecule has 2 aromatic heterocycles. The van der Waals surface area contributed by atoms with Gasteiger partial charge in [0.1, 0.15) is 0 Å². The van der Waals surface area contributed by atoms with Crippen molar-refractivity contribution >= 4 is 11.6 Å². The van der Waals surface area contributed by atoms with Gasteiger partial charge in [0.15, 0.2) is 0 Å². The predicted molar refractivity (Wildman–Crippen MR) is 136 cm³/mol. The second-order valence-corrected chi connectivity index (χ2v) is 8.43. The molecule has 0 saturated heterocycles. The number of pyridine rings is 1. The lowest BCUT2D eigenvalue weighted by atomic mass is 9.97. The number of carbonyl (C=O) groups is 1. The summed E-state index contributed by atoms with van der Waals surface area (Å²) in [5, 5.41) is 11.0. The minimum atomic E-state index is -0.151. The van der Waals surface area contributed by atoms with Gasteiger partial charge >= 0.3 is 0 Å². The molecule has 3 aromatic carbocycles. The summed E-state index contributed by atoms with van der Waals surface area (Å²) < 4.78 is 5.57. The number of benzene rings is 3. The zero-order valence-corrected chi connectivity index (χ0v) is 19.5. The van der Waals surface area contributed by atoms with Gasteiger partial charge in [-0.05, 0) is 83.6 Å². The van der Waals surface area contributed by atoms with Crippen molar-refractivity contribution in [1.82, 2.24) is 15.2 Å². The fourth-order valence-electron chi connectivity index (χ4n) is 3.98. The number of aromatic nitrogens is 3. The molecule has 0 aliphatic heterocycles. The van der Waals surface area contributed by atoms with Gasteiger partial charge in [0, 0.05) is 36.1 Å². The molecule has 0 bridgehead atoms. The number of nitrogens with one attached hydrogen (secondary N) is 1. The molecule has 6 nitrogen and oxygen atoms in total. The van der Waals surface area contributed by atoms with Crippen LogP contribution in [-0.2, 0) is 6.42 Å². The van der Waals surface area contributed by atoms with Gasteiger partial charge in [0.25, 0.3) is 5.91 Å². The van der Waals surface area contributed by atoms with Crippen LogP contribution in [-0.4, -0.2) is 21.1 Å². The van der Waals surface area contributed by atoms with E-state index >= 15 is 0 Å². The monoisotopic (exact) mass is 460 g/mol. The smallest absolute Gasteiger partial charge is 0.255 e. The van der Waals surface area contributed by atoms with Crippen molar-refractivity contribution in [3.63, 3.8) is 0 Å². The summed E-state index contributed by atoms with van der Waals surface area (Å²) in [6, 6.07) is 25.5. The second kappa shape index (κ2) is 9.73. The van der Waals surface area contributed by atoms with Gasteiger partial charge < -0.3 is 9.73 Å². The van der Waals surface area contributed by atoms with E-state index in [0.717, 1.165) is 45.5 Å². The van der Waals surface area contributed by atoms with Gasteiger partial charge in [-0.25, -0.2) is 0 Å². The van der Waals surface area contributed by atoms with Crippen LogP contribution in [0.3, 0.4) is 0 Å². The van der Waals surface area contributed by atoms with E-state index < -0.39 is 0 Å². The van der Waals surface area contributed by atoms with E-state index in [1.165, 1.54) is 0 Å². The van der Waals surface area contributed by atoms with E-state index in [4.69, 9.17) is 4.42 Å². The van der Waals surface area contributed by atoms with Crippen LogP contribution in [0.1, 0.15) is 32.9 Å². The van der Waals surface area contributed by atoms with Gasteiger partial charge in [-0.15, -0.1) is 10.2 Å². The second-order valence-electron chi connectivity index (χ2n) is 8.43. The van der Waals surface area contributed by atoms with Crippen LogP contribution in [0.2, 0.25) is 0 Å². The van der Waals surface area contributed by atoms with Crippen LogP contribution >= 0.6 is 0 Å². The van der Waals surface area contributed by atoms with Gasteiger partial charge in [-0.3, -0.25) is 9.78 Å². The highest BCUT2D eigenvalue weighted by Crippen LogP contribution is 2.29. The lowest BCUT2D eigenvalue weighted by Crippen LogP contribution is -2.11. The molecule has 35 heavy (non-hydrogen) atoms. The van der Waals surface area contributed by atoms with Gasteiger partial charge in [-0.2, -0.15) is 0 Å². The topological polar surface area (TPSA) is 80.9 Å². The number of nitrogens with zero attached hydrogens (tertiary/aromatic N) is 3. The molecule has 0 unspecified atom stereocenters. The molecule has 0 radical (unpaired) electrons. The number of hydrogen-bond donors (Lipinski definition) is 1. The molecule has 5 rings (SSSR count). The molecule has 172 valence electrons. The van der Waals surface area contributed by atoms with E-state index in [1.54, 1.807) is 13.1 Å². The molecule has 0 atom stereocenters. The van der Waals surface area contributed by atoms with Crippen LogP contribution in [0.4, 0.5) is 5.69 Å². The van der Waals surface area contributed by atoms with Crippen molar-refractivity contribution in [3.05, 3.63) is 119 Å². The highest BCUT2D eigenvalue weighted by molar-refractivity contribution is 6.04. The number of hydrogen-bond acceptors (Lipinski definition) is 5. The molecule has 1 amide bonds. The summed E-state index contributed by atoms with van der Waals surface area (Å²) >= 11 is 0. The number of carbonyl (C=O) groups excluding carboxylic acids is 1. The molecule has 2 heterocycles. The Morgan fingerprint density at radius 3 is 2.40 bits per heavy atom. The summed E-state index contributed by atoms with van der Waals surface area (Å²) in [5.41, 5.74) is 7.63. The Morgan fingerprint density at radius 2 is 1.66 bits per heavy atom. The molecular weight excluding hydrogens is 436 g/mol. The third-order valence-electron chi connectivity index (χ3n) is 5.78. The molecule has 6 heteroatoms. The average molecular weight is 461 g/mol. The molecule has 1 N–H and O–H groups in total. The van der Waals surface area contributed by atoms with Crippen molar-refractivity contribution in [1.29, 1.82) is 0 Å². The van der Waals surface area contributed by atoms with Gasteiger partial charge in [0.05, 0.1) is 0 Å². The normalized spacial score (nSPS) is 10.8. The zero-order valence-electron chi connectivity index (χ0n) is 19.5. The first-order valence-corrected chi connectivity index (χ1v) is 11.4. The van der Waals surface area contributed by atoms with E-state index in [-0.39, 0.29) is 5.91 Å². The molecule has 0 saturated carbocycles. The fourth-order valence-corrected chi connectivity index (χ4v) is 3.98. The van der Waals surface area contributed by atoms with Crippen LogP contribution in [0.15, 0.2) is 95.7 Å². The highest BCUT2D eigenvalue weighted by atomic mass is 16.4. The third-order valence-corrected chi connectivity index (χ3v) is 5.78. The van der Waals surface area contributed by atoms with E-state index in [0.29, 0.717) is 17.3 Å². The summed E-state index contributed by atoms with van der Waals surface area (Å²) in [6.07, 6.45) is 4.37. The van der Waals surface area contributed by atoms with Crippen molar-refractivity contribution in [2.75, 3.05) is 5.32 Å². The lowest BCUT2D eigenvalue weighted by Gasteiger charge is -2.10. The maximum atomic E-state index is 12.9. The largest absolute Gasteiger partial charge is 0.421 e. The standard InChI is InChI=1S/C29H24N4O2/c1-19-8-9-25(29-33-32-20(2)35-29)17-27(19)23-10-12-24(13-11-23)28(34)31-26-7-3-5-21(16-26)15-22-6-4-14-30-18-22/h3-14,16-18H,15H2,1-2H3,(H,31,34). The van der Waals surface area contributed by atoms with Gasteiger partial charge in [0.2, 0.25) is 11.8 Å². The zero-order chi connectivity index (χ0) is 24.2. The van der Waals surface area contributed by atoms with Crippen molar-refractivity contribution in [2.45, 2.75) is 20.3 Å². The highest BCUT2D eigenvalue weighted by Gasteiger charge is 2.12. The van der Waals surface area contributed by atoms with Crippen molar-refractivity contribution < 1.29 is 9.21 Å². The Morgan fingerprint density at radius 1 is 0.857 bits per heavy atom. The Kier molecular flexibility index (Phi) is 6.18. The van der Waals surface area contributed by atoms with Crippen LogP contribution in [0.5, 0.6) is 0 Å². The quantitative estimate of drug-likeness (QED) is 0.323. The van der Waals surface area contributed by atoms with Crippen LogP contribution in [0, 0.1) is 13.8 Å². The number of aryl methyl sites for hydroxylation is 2. The number of anilines is 1.